The number of carboxylic acids is 1. The molecule has 0 amide bonds. The maximum atomic E-state index is 11.0. The molecule has 0 fully saturated rings. The van der Waals surface area contributed by atoms with Crippen molar-refractivity contribution in [3.8, 4) is 0 Å². The Morgan fingerprint density at radius 2 is 1.96 bits per heavy atom. The van der Waals surface area contributed by atoms with E-state index in [1.807, 2.05) is 47.7 Å². The van der Waals surface area contributed by atoms with Gasteiger partial charge in [-0.2, -0.15) is 5.10 Å². The van der Waals surface area contributed by atoms with Gasteiger partial charge in [-0.15, -0.1) is 0 Å². The lowest BCUT2D eigenvalue weighted by Gasteiger charge is -2.19. The predicted octanol–water partition coefficient (Wildman–Crippen LogP) is 3.50. The average Bonchev–Trinajstić information content (AvgIpc) is 2.77. The number of aliphatic carboxylic acids is 1. The summed E-state index contributed by atoms with van der Waals surface area (Å²) in [5.74, 6) is -0.799. The van der Waals surface area contributed by atoms with E-state index in [4.69, 9.17) is 16.7 Å². The minimum Gasteiger partial charge on any atom is -0.480 e. The smallest absolute Gasteiger partial charge is 0.317 e. The molecule has 0 aliphatic heterocycles. The number of rotatable bonds is 8. The standard InChI is InChI=1S/C18H24ClN3O2/c1-4-9-21(12-18(23)24)11-17-13(2)20-22(14(17)3)10-15-5-7-16(19)8-6-15/h5-8H,4,9-12H2,1-3H3,(H,23,24). The third-order valence-electron chi connectivity index (χ3n) is 4.06. The summed E-state index contributed by atoms with van der Waals surface area (Å²) in [6.07, 6.45) is 0.921. The fourth-order valence-corrected chi connectivity index (χ4v) is 2.95. The zero-order chi connectivity index (χ0) is 17.7. The van der Waals surface area contributed by atoms with Gasteiger partial charge in [0.15, 0.2) is 0 Å². The molecule has 0 saturated heterocycles. The molecule has 0 bridgehead atoms. The van der Waals surface area contributed by atoms with Crippen LogP contribution in [-0.4, -0.2) is 38.8 Å². The summed E-state index contributed by atoms with van der Waals surface area (Å²) in [5.41, 5.74) is 4.27. The molecule has 0 spiro atoms. The molecule has 0 radical (unpaired) electrons. The van der Waals surface area contributed by atoms with Crippen LogP contribution >= 0.6 is 11.6 Å². The van der Waals surface area contributed by atoms with Crippen molar-refractivity contribution in [2.75, 3.05) is 13.1 Å². The van der Waals surface area contributed by atoms with Gasteiger partial charge in [0.25, 0.3) is 0 Å². The third kappa shape index (κ3) is 4.82. The molecule has 130 valence electrons. The Bertz CT molecular complexity index is 695. The Kier molecular flexibility index (Phi) is 6.40. The van der Waals surface area contributed by atoms with Crippen LogP contribution in [0.15, 0.2) is 24.3 Å². The quantitative estimate of drug-likeness (QED) is 0.792. The molecule has 24 heavy (non-hydrogen) atoms. The molecule has 2 aromatic rings. The van der Waals surface area contributed by atoms with Crippen molar-refractivity contribution >= 4 is 17.6 Å². The van der Waals surface area contributed by atoms with E-state index in [2.05, 4.69) is 12.0 Å². The van der Waals surface area contributed by atoms with Crippen molar-refractivity contribution in [1.82, 2.24) is 14.7 Å². The van der Waals surface area contributed by atoms with Gasteiger partial charge in [0, 0.05) is 22.8 Å². The number of halogens is 1. The van der Waals surface area contributed by atoms with Gasteiger partial charge in [0.05, 0.1) is 18.8 Å². The average molecular weight is 350 g/mol. The first-order valence-electron chi connectivity index (χ1n) is 8.12. The van der Waals surface area contributed by atoms with Crippen molar-refractivity contribution in [2.24, 2.45) is 0 Å². The van der Waals surface area contributed by atoms with Crippen LogP contribution in [0.2, 0.25) is 5.02 Å². The number of aryl methyl sites for hydroxylation is 1. The molecular formula is C18H24ClN3O2. The topological polar surface area (TPSA) is 58.4 Å². The second-order valence-corrected chi connectivity index (χ2v) is 6.47. The highest BCUT2D eigenvalue weighted by atomic mass is 35.5. The van der Waals surface area contributed by atoms with E-state index in [1.165, 1.54) is 0 Å². The number of hydrogen-bond acceptors (Lipinski definition) is 3. The van der Waals surface area contributed by atoms with Crippen LogP contribution in [0.3, 0.4) is 0 Å². The zero-order valence-electron chi connectivity index (χ0n) is 14.4. The van der Waals surface area contributed by atoms with E-state index < -0.39 is 5.97 Å². The van der Waals surface area contributed by atoms with Gasteiger partial charge in [0.1, 0.15) is 0 Å². The minimum absolute atomic E-state index is 0.0507. The fourth-order valence-electron chi connectivity index (χ4n) is 2.82. The first kappa shape index (κ1) is 18.5. The van der Waals surface area contributed by atoms with Crippen molar-refractivity contribution in [1.29, 1.82) is 0 Å². The lowest BCUT2D eigenvalue weighted by Crippen LogP contribution is -2.30. The van der Waals surface area contributed by atoms with Gasteiger partial charge in [-0.1, -0.05) is 30.7 Å². The zero-order valence-corrected chi connectivity index (χ0v) is 15.2. The largest absolute Gasteiger partial charge is 0.480 e. The van der Waals surface area contributed by atoms with E-state index >= 15 is 0 Å². The Morgan fingerprint density at radius 1 is 1.29 bits per heavy atom. The van der Waals surface area contributed by atoms with Gasteiger partial charge in [-0.25, -0.2) is 0 Å². The molecule has 1 heterocycles. The molecule has 1 N–H and O–H groups in total. The molecule has 2 rings (SSSR count). The minimum atomic E-state index is -0.799. The predicted molar refractivity (Wildman–Crippen MR) is 95.5 cm³/mol. The van der Waals surface area contributed by atoms with Crippen LogP contribution in [0.4, 0.5) is 0 Å². The lowest BCUT2D eigenvalue weighted by molar-refractivity contribution is -0.138. The summed E-state index contributed by atoms with van der Waals surface area (Å²) in [5, 5.41) is 14.4. The summed E-state index contributed by atoms with van der Waals surface area (Å²) in [7, 11) is 0. The molecular weight excluding hydrogens is 326 g/mol. The van der Waals surface area contributed by atoms with E-state index in [0.29, 0.717) is 13.1 Å². The fraction of sp³-hybridized carbons (Fsp3) is 0.444. The van der Waals surface area contributed by atoms with Gasteiger partial charge in [0.2, 0.25) is 0 Å². The van der Waals surface area contributed by atoms with Gasteiger partial charge < -0.3 is 5.11 Å². The molecule has 0 aliphatic carbocycles. The van der Waals surface area contributed by atoms with Crippen molar-refractivity contribution in [3.63, 3.8) is 0 Å². The normalized spacial score (nSPS) is 11.2. The van der Waals surface area contributed by atoms with Crippen LogP contribution in [0, 0.1) is 13.8 Å². The van der Waals surface area contributed by atoms with Gasteiger partial charge in [-0.05, 0) is 44.5 Å². The number of hydrogen-bond donors (Lipinski definition) is 1. The van der Waals surface area contributed by atoms with Crippen molar-refractivity contribution in [2.45, 2.75) is 40.3 Å². The molecule has 5 nitrogen and oxygen atoms in total. The SMILES string of the molecule is CCCN(CC(=O)O)Cc1c(C)nn(Cc2ccc(Cl)cc2)c1C. The first-order valence-corrected chi connectivity index (χ1v) is 8.50. The summed E-state index contributed by atoms with van der Waals surface area (Å²) in [6, 6.07) is 7.73. The van der Waals surface area contributed by atoms with Crippen LogP contribution < -0.4 is 0 Å². The van der Waals surface area contributed by atoms with Crippen LogP contribution in [0.25, 0.3) is 0 Å². The number of aromatic nitrogens is 2. The van der Waals surface area contributed by atoms with Gasteiger partial charge >= 0.3 is 5.97 Å². The first-order chi connectivity index (χ1) is 11.4. The molecule has 6 heteroatoms. The number of nitrogens with zero attached hydrogens (tertiary/aromatic N) is 3. The second kappa shape index (κ2) is 8.31. The number of carbonyl (C=O) groups is 1. The Hall–Kier alpha value is -1.85. The van der Waals surface area contributed by atoms with Crippen LogP contribution in [0.5, 0.6) is 0 Å². The van der Waals surface area contributed by atoms with E-state index in [-0.39, 0.29) is 6.54 Å². The third-order valence-corrected chi connectivity index (χ3v) is 4.31. The van der Waals surface area contributed by atoms with Crippen molar-refractivity contribution < 1.29 is 9.90 Å². The number of carboxylic acid groups (broad SMARTS) is 1. The highest BCUT2D eigenvalue weighted by Crippen LogP contribution is 2.18. The van der Waals surface area contributed by atoms with E-state index in [9.17, 15) is 4.79 Å². The van der Waals surface area contributed by atoms with E-state index in [0.717, 1.165) is 40.5 Å². The molecule has 1 aromatic carbocycles. The monoisotopic (exact) mass is 349 g/mol. The van der Waals surface area contributed by atoms with E-state index in [1.54, 1.807) is 0 Å². The molecule has 0 unspecified atom stereocenters. The van der Waals surface area contributed by atoms with Crippen molar-refractivity contribution in [3.05, 3.63) is 51.8 Å². The Balaban J connectivity index is 2.18. The lowest BCUT2D eigenvalue weighted by atomic mass is 10.1. The Labute approximate surface area is 147 Å². The molecule has 0 atom stereocenters. The summed E-state index contributed by atoms with van der Waals surface area (Å²) >= 11 is 5.93. The van der Waals surface area contributed by atoms with Crippen LogP contribution in [0.1, 0.15) is 35.9 Å². The maximum absolute atomic E-state index is 11.0. The highest BCUT2D eigenvalue weighted by Gasteiger charge is 2.16. The maximum Gasteiger partial charge on any atom is 0.317 e. The van der Waals surface area contributed by atoms with Gasteiger partial charge in [-0.3, -0.25) is 14.4 Å². The molecule has 0 saturated carbocycles. The highest BCUT2D eigenvalue weighted by molar-refractivity contribution is 6.30. The summed E-state index contributed by atoms with van der Waals surface area (Å²) in [6.45, 7) is 8.16. The van der Waals surface area contributed by atoms with Crippen LogP contribution in [-0.2, 0) is 17.9 Å². The summed E-state index contributed by atoms with van der Waals surface area (Å²) in [4.78, 5) is 13.0. The Morgan fingerprint density at radius 3 is 2.54 bits per heavy atom. The molecule has 0 aliphatic rings. The number of benzene rings is 1. The second-order valence-electron chi connectivity index (χ2n) is 6.04. The molecule has 1 aromatic heterocycles. The summed E-state index contributed by atoms with van der Waals surface area (Å²) < 4.78 is 1.97.